The Morgan fingerprint density at radius 3 is 2.30 bits per heavy atom. The summed E-state index contributed by atoms with van der Waals surface area (Å²) in [6.45, 7) is 5.80. The lowest BCUT2D eigenvalue weighted by molar-refractivity contribution is -0.117. The molecule has 0 fully saturated rings. The first kappa shape index (κ1) is 14.0. The minimum Gasteiger partial charge on any atom is -0.493 e. The van der Waals surface area contributed by atoms with Crippen LogP contribution in [0.4, 0.5) is 0 Å². The highest BCUT2D eigenvalue weighted by Gasteiger charge is 2.28. The maximum atomic E-state index is 12.2. The molecule has 1 aromatic carbocycles. The number of allylic oxidation sites excluding steroid dienone is 4. The molecule has 1 atom stereocenters. The molecule has 1 aliphatic carbocycles. The zero-order valence-electron chi connectivity index (χ0n) is 11.6. The number of carbonyl (C=O) groups is 2. The van der Waals surface area contributed by atoms with Crippen LogP contribution < -0.4 is 0 Å². The smallest absolute Gasteiger partial charge is 0.220 e. The molecule has 1 aliphatic rings. The molecule has 0 radical (unpaired) electrons. The van der Waals surface area contributed by atoms with Crippen LogP contribution in [0.2, 0.25) is 0 Å². The Bertz CT molecular complexity index is 621. The SMILES string of the molecule is C=C(C)[C@H](C1=CC(=O)C(OC)=CC1=O)c1ccccc1. The average Bonchev–Trinajstić information content (AvgIpc) is 2.43. The molecule has 3 nitrogen and oxygen atoms in total. The van der Waals surface area contributed by atoms with Crippen LogP contribution in [0.3, 0.4) is 0 Å². The summed E-state index contributed by atoms with van der Waals surface area (Å²) in [6, 6.07) is 9.56. The Labute approximate surface area is 118 Å². The van der Waals surface area contributed by atoms with E-state index in [-0.39, 0.29) is 23.2 Å². The highest BCUT2D eigenvalue weighted by molar-refractivity contribution is 6.19. The van der Waals surface area contributed by atoms with Crippen LogP contribution in [0.1, 0.15) is 18.4 Å². The molecule has 0 saturated heterocycles. The monoisotopic (exact) mass is 268 g/mol. The van der Waals surface area contributed by atoms with Crippen LogP contribution in [0.15, 0.2) is 66.0 Å². The zero-order valence-corrected chi connectivity index (χ0v) is 11.6. The van der Waals surface area contributed by atoms with Crippen molar-refractivity contribution in [3.05, 3.63) is 71.5 Å². The number of hydrogen-bond donors (Lipinski definition) is 0. The first-order valence-corrected chi connectivity index (χ1v) is 6.31. The second kappa shape index (κ2) is 5.70. The molecule has 0 unspecified atom stereocenters. The van der Waals surface area contributed by atoms with E-state index >= 15 is 0 Å². The van der Waals surface area contributed by atoms with Gasteiger partial charge in [0.25, 0.3) is 0 Å². The molecule has 0 bridgehead atoms. The van der Waals surface area contributed by atoms with E-state index in [0.29, 0.717) is 5.57 Å². The van der Waals surface area contributed by atoms with Gasteiger partial charge in [-0.25, -0.2) is 0 Å². The Hall–Kier alpha value is -2.42. The predicted molar refractivity (Wildman–Crippen MR) is 77.2 cm³/mol. The van der Waals surface area contributed by atoms with Gasteiger partial charge in [-0.2, -0.15) is 0 Å². The third kappa shape index (κ3) is 2.62. The topological polar surface area (TPSA) is 43.4 Å². The lowest BCUT2D eigenvalue weighted by Crippen LogP contribution is -2.19. The Balaban J connectivity index is 2.45. The van der Waals surface area contributed by atoms with Gasteiger partial charge >= 0.3 is 0 Å². The minimum absolute atomic E-state index is 0.0762. The van der Waals surface area contributed by atoms with Crippen molar-refractivity contribution in [3.8, 4) is 0 Å². The van der Waals surface area contributed by atoms with E-state index in [1.807, 2.05) is 37.3 Å². The third-order valence-corrected chi connectivity index (χ3v) is 3.23. The summed E-state index contributed by atoms with van der Waals surface area (Å²) in [6.07, 6.45) is 2.60. The van der Waals surface area contributed by atoms with E-state index in [0.717, 1.165) is 11.1 Å². The molecule has 0 heterocycles. The maximum absolute atomic E-state index is 12.2. The van der Waals surface area contributed by atoms with Crippen LogP contribution in [0.25, 0.3) is 0 Å². The summed E-state index contributed by atoms with van der Waals surface area (Å²) in [5.41, 5.74) is 2.20. The molecule has 2 rings (SSSR count). The number of benzene rings is 1. The van der Waals surface area contributed by atoms with E-state index in [1.54, 1.807) is 0 Å². The van der Waals surface area contributed by atoms with E-state index < -0.39 is 0 Å². The standard InChI is InChI=1S/C17H16O3/c1-11(2)17(12-7-5-4-6-8-12)13-9-15(19)16(20-3)10-14(13)18/h4-10,17H,1H2,2-3H3/t17-/m0/s1. The molecule has 3 heteroatoms. The molecule has 0 aromatic heterocycles. The third-order valence-electron chi connectivity index (χ3n) is 3.23. The van der Waals surface area contributed by atoms with Gasteiger partial charge in [-0.3, -0.25) is 9.59 Å². The highest BCUT2D eigenvalue weighted by Crippen LogP contribution is 2.33. The van der Waals surface area contributed by atoms with Gasteiger partial charge in [0, 0.05) is 17.6 Å². The molecule has 0 amide bonds. The Morgan fingerprint density at radius 2 is 1.75 bits per heavy atom. The molecule has 1 aromatic rings. The molecule has 0 spiro atoms. The van der Waals surface area contributed by atoms with Crippen molar-refractivity contribution in [2.45, 2.75) is 12.8 Å². The summed E-state index contributed by atoms with van der Waals surface area (Å²) in [7, 11) is 1.38. The second-order valence-corrected chi connectivity index (χ2v) is 4.73. The fourth-order valence-electron chi connectivity index (χ4n) is 2.32. The molecular formula is C17H16O3. The average molecular weight is 268 g/mol. The quantitative estimate of drug-likeness (QED) is 0.623. The van der Waals surface area contributed by atoms with E-state index in [9.17, 15) is 9.59 Å². The van der Waals surface area contributed by atoms with Crippen molar-refractivity contribution in [1.82, 2.24) is 0 Å². The van der Waals surface area contributed by atoms with Crippen LogP contribution in [-0.2, 0) is 14.3 Å². The van der Waals surface area contributed by atoms with Crippen molar-refractivity contribution >= 4 is 11.6 Å². The lowest BCUT2D eigenvalue weighted by atomic mass is 9.81. The van der Waals surface area contributed by atoms with Gasteiger partial charge < -0.3 is 4.74 Å². The van der Waals surface area contributed by atoms with Crippen molar-refractivity contribution in [2.24, 2.45) is 0 Å². The number of hydrogen-bond acceptors (Lipinski definition) is 3. The Kier molecular flexibility index (Phi) is 3.99. The van der Waals surface area contributed by atoms with Gasteiger partial charge in [0.15, 0.2) is 11.5 Å². The van der Waals surface area contributed by atoms with Gasteiger partial charge in [0.2, 0.25) is 5.78 Å². The van der Waals surface area contributed by atoms with Gasteiger partial charge in [-0.05, 0) is 18.6 Å². The molecule has 0 saturated carbocycles. The summed E-state index contributed by atoms with van der Waals surface area (Å²) >= 11 is 0. The number of ketones is 2. The summed E-state index contributed by atoms with van der Waals surface area (Å²) in [5.74, 6) is -0.697. The molecule has 0 aliphatic heterocycles. The van der Waals surface area contributed by atoms with Crippen molar-refractivity contribution in [2.75, 3.05) is 7.11 Å². The fourth-order valence-corrected chi connectivity index (χ4v) is 2.32. The number of ether oxygens (including phenoxy) is 1. The number of carbonyl (C=O) groups excluding carboxylic acids is 2. The fraction of sp³-hybridized carbons (Fsp3) is 0.176. The van der Waals surface area contributed by atoms with Crippen LogP contribution in [-0.4, -0.2) is 18.7 Å². The second-order valence-electron chi connectivity index (χ2n) is 4.73. The van der Waals surface area contributed by atoms with E-state index in [2.05, 4.69) is 6.58 Å². The van der Waals surface area contributed by atoms with Crippen molar-refractivity contribution < 1.29 is 14.3 Å². The first-order chi connectivity index (χ1) is 9.54. The number of rotatable bonds is 4. The van der Waals surface area contributed by atoms with Crippen LogP contribution in [0.5, 0.6) is 0 Å². The summed E-state index contributed by atoms with van der Waals surface area (Å²) < 4.78 is 4.89. The molecular weight excluding hydrogens is 252 g/mol. The minimum atomic E-state index is -0.288. The van der Waals surface area contributed by atoms with E-state index in [1.165, 1.54) is 19.3 Å². The summed E-state index contributed by atoms with van der Waals surface area (Å²) in [4.78, 5) is 24.1. The van der Waals surface area contributed by atoms with Gasteiger partial charge in [-0.15, -0.1) is 0 Å². The normalized spacial score (nSPS) is 16.3. The van der Waals surface area contributed by atoms with Crippen molar-refractivity contribution in [3.63, 3.8) is 0 Å². The molecule has 102 valence electrons. The number of methoxy groups -OCH3 is 1. The van der Waals surface area contributed by atoms with Crippen LogP contribution >= 0.6 is 0 Å². The Morgan fingerprint density at radius 1 is 1.10 bits per heavy atom. The maximum Gasteiger partial charge on any atom is 0.220 e. The first-order valence-electron chi connectivity index (χ1n) is 6.31. The largest absolute Gasteiger partial charge is 0.493 e. The van der Waals surface area contributed by atoms with Crippen LogP contribution in [0, 0.1) is 0 Å². The lowest BCUT2D eigenvalue weighted by Gasteiger charge is -2.22. The highest BCUT2D eigenvalue weighted by atomic mass is 16.5. The molecule has 0 N–H and O–H groups in total. The van der Waals surface area contributed by atoms with Gasteiger partial charge in [0.05, 0.1) is 7.11 Å². The zero-order chi connectivity index (χ0) is 14.7. The van der Waals surface area contributed by atoms with Crippen molar-refractivity contribution in [1.29, 1.82) is 0 Å². The van der Waals surface area contributed by atoms with Gasteiger partial charge in [0.1, 0.15) is 0 Å². The van der Waals surface area contributed by atoms with E-state index in [4.69, 9.17) is 4.74 Å². The summed E-state index contributed by atoms with van der Waals surface area (Å²) in [5, 5.41) is 0. The molecule has 20 heavy (non-hydrogen) atoms. The van der Waals surface area contributed by atoms with Gasteiger partial charge in [-0.1, -0.05) is 42.5 Å². The predicted octanol–water partition coefficient (Wildman–Crippen LogP) is 2.95.